The lowest BCUT2D eigenvalue weighted by Crippen LogP contribution is -2.39. The lowest BCUT2D eigenvalue weighted by atomic mass is 9.86. The number of hydrogen-bond donors (Lipinski definition) is 2. The maximum absolute atomic E-state index is 12.0. The molecule has 0 atom stereocenters. The number of nitro groups is 1. The Hall–Kier alpha value is -3.35. The summed E-state index contributed by atoms with van der Waals surface area (Å²) in [7, 11) is 0. The van der Waals surface area contributed by atoms with Crippen molar-refractivity contribution in [1.82, 2.24) is 10.9 Å². The van der Waals surface area contributed by atoms with Gasteiger partial charge in [-0.15, -0.1) is 0 Å². The van der Waals surface area contributed by atoms with Crippen molar-refractivity contribution in [3.05, 3.63) is 75.8 Å². The van der Waals surface area contributed by atoms with Crippen LogP contribution in [0.2, 0.25) is 0 Å². The average Bonchev–Trinajstić information content (AvgIpc) is 2.64. The smallest absolute Gasteiger partial charge is 0.311 e. The van der Waals surface area contributed by atoms with Gasteiger partial charge in [-0.2, -0.15) is 0 Å². The monoisotopic (exact) mass is 383 g/mol. The second-order valence-electron chi connectivity index (χ2n) is 7.50. The minimum atomic E-state index is -0.540. The van der Waals surface area contributed by atoms with Crippen molar-refractivity contribution in [1.29, 1.82) is 0 Å². The van der Waals surface area contributed by atoms with E-state index in [1.165, 1.54) is 17.7 Å². The van der Waals surface area contributed by atoms with E-state index in [1.54, 1.807) is 13.0 Å². The Morgan fingerprint density at radius 3 is 2.36 bits per heavy atom. The van der Waals surface area contributed by atoms with Crippen LogP contribution in [-0.4, -0.2) is 17.4 Å². The van der Waals surface area contributed by atoms with Gasteiger partial charge in [0.25, 0.3) is 5.91 Å². The predicted octanol–water partition coefficient (Wildman–Crippen LogP) is 3.87. The number of ether oxygens (including phenoxy) is 1. The molecule has 0 heterocycles. The first-order valence-corrected chi connectivity index (χ1v) is 8.80. The largest absolute Gasteiger partial charge is 0.477 e. The van der Waals surface area contributed by atoms with E-state index in [4.69, 9.17) is 4.74 Å². The molecule has 0 radical (unpaired) electrons. The molecular weight excluding hydrogens is 358 g/mol. The number of aryl methyl sites for hydroxylation is 1. The zero-order valence-electron chi connectivity index (χ0n) is 16.5. The van der Waals surface area contributed by atoms with Crippen molar-refractivity contribution in [2.24, 2.45) is 0 Å². The number of amides is 1. The summed E-state index contributed by atoms with van der Waals surface area (Å²) in [5.41, 5.74) is 8.37. The fraction of sp³-hybridized carbons (Fsp3) is 0.286. The minimum Gasteiger partial charge on any atom is -0.477 e. The molecule has 28 heavy (non-hydrogen) atoms. The Kier molecular flexibility index (Phi) is 6.41. The molecule has 2 aromatic carbocycles. The van der Waals surface area contributed by atoms with Gasteiger partial charge in [-0.25, -0.2) is 0 Å². The van der Waals surface area contributed by atoms with Gasteiger partial charge in [-0.3, -0.25) is 25.8 Å². The topological polar surface area (TPSA) is 93.5 Å². The molecule has 0 fully saturated rings. The Morgan fingerprint density at radius 1 is 1.14 bits per heavy atom. The quantitative estimate of drug-likeness (QED) is 0.559. The van der Waals surface area contributed by atoms with Crippen molar-refractivity contribution in [2.45, 2.75) is 33.1 Å². The Labute approximate surface area is 164 Å². The summed E-state index contributed by atoms with van der Waals surface area (Å²) in [5.74, 6) is -0.440. The van der Waals surface area contributed by atoms with E-state index in [1.807, 2.05) is 24.3 Å². The fourth-order valence-corrected chi connectivity index (χ4v) is 2.46. The number of nitro benzene ring substituents is 1. The number of hydrogen-bond acceptors (Lipinski definition) is 5. The molecule has 0 spiro atoms. The molecule has 0 aromatic heterocycles. The van der Waals surface area contributed by atoms with Crippen LogP contribution < -0.4 is 15.6 Å². The Balaban J connectivity index is 1.89. The summed E-state index contributed by atoms with van der Waals surface area (Å²) >= 11 is 0. The molecule has 148 valence electrons. The molecule has 1 amide bonds. The number of carbonyl (C=O) groups excluding carboxylic acids is 1. The fourth-order valence-electron chi connectivity index (χ4n) is 2.46. The van der Waals surface area contributed by atoms with Gasteiger partial charge < -0.3 is 4.74 Å². The summed E-state index contributed by atoms with van der Waals surface area (Å²) in [6.45, 7) is 11.7. The van der Waals surface area contributed by atoms with E-state index < -0.39 is 10.8 Å². The van der Waals surface area contributed by atoms with Crippen LogP contribution in [0.3, 0.4) is 0 Å². The van der Waals surface area contributed by atoms with Crippen LogP contribution in [0.4, 0.5) is 5.69 Å². The van der Waals surface area contributed by atoms with E-state index in [9.17, 15) is 14.9 Å². The lowest BCUT2D eigenvalue weighted by molar-refractivity contribution is -0.385. The van der Waals surface area contributed by atoms with Crippen molar-refractivity contribution < 1.29 is 14.5 Å². The standard InChI is InChI=1S/C21H25N3O4/c1-14-6-11-19(18(12-14)24(26)27)28-13-20(25)23-22-15(2)16-7-9-17(10-8-16)21(3,4)5/h6-12,22H,2,13H2,1,3-5H3,(H,23,25). The molecule has 2 rings (SSSR count). The van der Waals surface area contributed by atoms with Gasteiger partial charge in [0, 0.05) is 6.07 Å². The molecule has 2 N–H and O–H groups in total. The van der Waals surface area contributed by atoms with Gasteiger partial charge in [-0.1, -0.05) is 57.7 Å². The van der Waals surface area contributed by atoms with E-state index >= 15 is 0 Å². The van der Waals surface area contributed by atoms with Gasteiger partial charge in [0.1, 0.15) is 0 Å². The maximum atomic E-state index is 12.0. The van der Waals surface area contributed by atoms with Crippen molar-refractivity contribution in [3.8, 4) is 5.75 Å². The van der Waals surface area contributed by atoms with Crippen LogP contribution in [0.25, 0.3) is 5.70 Å². The maximum Gasteiger partial charge on any atom is 0.311 e. The third-order valence-electron chi connectivity index (χ3n) is 4.12. The van der Waals surface area contributed by atoms with E-state index in [0.717, 1.165) is 11.1 Å². The molecule has 0 aliphatic rings. The molecule has 0 unspecified atom stereocenters. The van der Waals surface area contributed by atoms with Crippen molar-refractivity contribution >= 4 is 17.3 Å². The van der Waals surface area contributed by atoms with Gasteiger partial charge in [0.15, 0.2) is 12.4 Å². The number of rotatable bonds is 7. The normalized spacial score (nSPS) is 10.9. The van der Waals surface area contributed by atoms with E-state index in [-0.39, 0.29) is 23.5 Å². The van der Waals surface area contributed by atoms with Crippen LogP contribution in [-0.2, 0) is 10.2 Å². The molecular formula is C21H25N3O4. The number of nitrogens with zero attached hydrogens (tertiary/aromatic N) is 1. The first-order valence-electron chi connectivity index (χ1n) is 8.80. The lowest BCUT2D eigenvalue weighted by Gasteiger charge is -2.19. The van der Waals surface area contributed by atoms with Gasteiger partial charge in [-0.05, 0) is 35.1 Å². The highest BCUT2D eigenvalue weighted by molar-refractivity contribution is 5.78. The first kappa shape index (κ1) is 21.0. The average molecular weight is 383 g/mol. The van der Waals surface area contributed by atoms with Crippen LogP contribution in [0, 0.1) is 17.0 Å². The molecule has 0 aliphatic heterocycles. The first-order chi connectivity index (χ1) is 13.1. The highest BCUT2D eigenvalue weighted by Crippen LogP contribution is 2.27. The van der Waals surface area contributed by atoms with Crippen LogP contribution in [0.15, 0.2) is 49.0 Å². The predicted molar refractivity (Wildman–Crippen MR) is 109 cm³/mol. The number of benzene rings is 2. The van der Waals surface area contributed by atoms with Crippen LogP contribution in [0.5, 0.6) is 5.75 Å². The van der Waals surface area contributed by atoms with Crippen molar-refractivity contribution in [3.63, 3.8) is 0 Å². The van der Waals surface area contributed by atoms with Gasteiger partial charge in [0.05, 0.1) is 10.6 Å². The van der Waals surface area contributed by atoms with E-state index in [0.29, 0.717) is 5.70 Å². The Morgan fingerprint density at radius 2 is 1.79 bits per heavy atom. The van der Waals surface area contributed by atoms with Gasteiger partial charge in [0.2, 0.25) is 0 Å². The molecule has 7 heteroatoms. The van der Waals surface area contributed by atoms with Crippen molar-refractivity contribution in [2.75, 3.05) is 6.61 Å². The summed E-state index contributed by atoms with van der Waals surface area (Å²) < 4.78 is 5.28. The zero-order valence-corrected chi connectivity index (χ0v) is 16.5. The number of nitrogens with one attached hydrogen (secondary N) is 2. The second-order valence-corrected chi connectivity index (χ2v) is 7.50. The summed E-state index contributed by atoms with van der Waals surface area (Å²) in [5, 5.41) is 11.1. The van der Waals surface area contributed by atoms with Crippen LogP contribution in [0.1, 0.15) is 37.5 Å². The number of carbonyl (C=O) groups is 1. The third-order valence-corrected chi connectivity index (χ3v) is 4.12. The molecule has 0 saturated carbocycles. The van der Waals surface area contributed by atoms with Crippen LogP contribution >= 0.6 is 0 Å². The summed E-state index contributed by atoms with van der Waals surface area (Å²) in [6, 6.07) is 12.4. The highest BCUT2D eigenvalue weighted by atomic mass is 16.6. The third kappa shape index (κ3) is 5.57. The minimum absolute atomic E-state index is 0.0438. The number of hydrazine groups is 1. The SMILES string of the molecule is C=C(NNC(=O)COc1ccc(C)cc1[N+](=O)[O-])c1ccc(C(C)(C)C)cc1. The molecule has 0 bridgehead atoms. The zero-order chi connectivity index (χ0) is 20.9. The second kappa shape index (κ2) is 8.56. The van der Waals surface area contributed by atoms with Gasteiger partial charge >= 0.3 is 5.69 Å². The molecule has 0 aliphatic carbocycles. The van der Waals surface area contributed by atoms with E-state index in [2.05, 4.69) is 38.2 Å². The Bertz CT molecular complexity index is 884. The molecule has 2 aromatic rings. The summed E-state index contributed by atoms with van der Waals surface area (Å²) in [6.07, 6.45) is 0. The summed E-state index contributed by atoms with van der Waals surface area (Å²) in [4.78, 5) is 22.5. The molecule has 7 nitrogen and oxygen atoms in total. The molecule has 0 saturated heterocycles. The highest BCUT2D eigenvalue weighted by Gasteiger charge is 2.16.